The van der Waals surface area contributed by atoms with Crippen molar-refractivity contribution < 1.29 is 0 Å². The lowest BCUT2D eigenvalue weighted by Crippen LogP contribution is -2.23. The second-order valence-corrected chi connectivity index (χ2v) is 6.65. The zero-order chi connectivity index (χ0) is 14.5. The molecule has 3 aromatic rings. The third-order valence-corrected chi connectivity index (χ3v) is 5.28. The normalized spacial score (nSPS) is 12.4. The molecular weight excluding hydrogens is 296 g/mol. The maximum absolute atomic E-state index is 4.79. The van der Waals surface area contributed by atoms with Crippen molar-refractivity contribution in [3.63, 3.8) is 0 Å². The fourth-order valence-electron chi connectivity index (χ4n) is 2.36. The van der Waals surface area contributed by atoms with Gasteiger partial charge in [-0.25, -0.2) is 4.98 Å². The van der Waals surface area contributed by atoms with Gasteiger partial charge in [-0.05, 0) is 23.6 Å². The van der Waals surface area contributed by atoms with Crippen LogP contribution >= 0.6 is 22.7 Å². The van der Waals surface area contributed by atoms with Crippen LogP contribution in [0.5, 0.6) is 0 Å². The second kappa shape index (κ2) is 6.98. The van der Waals surface area contributed by atoms with Crippen LogP contribution in [0.4, 0.5) is 0 Å². The number of rotatable bonds is 6. The number of thiazole rings is 1. The molecule has 0 saturated carbocycles. The molecule has 1 aromatic carbocycles. The third kappa shape index (κ3) is 3.59. The average Bonchev–Trinajstić information content (AvgIpc) is 3.19. The fraction of sp³-hybridized carbons (Fsp3) is 0.235. The first-order valence-electron chi connectivity index (χ1n) is 7.13. The summed E-state index contributed by atoms with van der Waals surface area (Å²) < 4.78 is 0. The first-order valence-corrected chi connectivity index (χ1v) is 8.89. The summed E-state index contributed by atoms with van der Waals surface area (Å²) in [6.45, 7) is 3.11. The van der Waals surface area contributed by atoms with Crippen molar-refractivity contribution in [1.82, 2.24) is 10.3 Å². The first kappa shape index (κ1) is 14.4. The van der Waals surface area contributed by atoms with Crippen LogP contribution in [0, 0.1) is 0 Å². The van der Waals surface area contributed by atoms with E-state index in [-0.39, 0.29) is 0 Å². The van der Waals surface area contributed by atoms with Gasteiger partial charge in [0, 0.05) is 17.8 Å². The molecule has 1 N–H and O–H groups in total. The average molecular weight is 314 g/mol. The van der Waals surface area contributed by atoms with Gasteiger partial charge in [-0.2, -0.15) is 0 Å². The Hall–Kier alpha value is -1.49. The van der Waals surface area contributed by atoms with Gasteiger partial charge in [-0.1, -0.05) is 43.3 Å². The van der Waals surface area contributed by atoms with Gasteiger partial charge >= 0.3 is 0 Å². The number of hydrogen-bond acceptors (Lipinski definition) is 4. The lowest BCUT2D eigenvalue weighted by Gasteiger charge is -2.17. The molecule has 0 saturated heterocycles. The van der Waals surface area contributed by atoms with Crippen LogP contribution in [0.25, 0.3) is 9.88 Å². The van der Waals surface area contributed by atoms with Gasteiger partial charge in [-0.15, -0.1) is 22.7 Å². The monoisotopic (exact) mass is 314 g/mol. The van der Waals surface area contributed by atoms with Crippen LogP contribution in [0.3, 0.4) is 0 Å². The molecule has 0 radical (unpaired) electrons. The van der Waals surface area contributed by atoms with Crippen molar-refractivity contribution in [3.05, 3.63) is 64.5 Å². The van der Waals surface area contributed by atoms with Gasteiger partial charge in [0.05, 0.1) is 10.6 Å². The van der Waals surface area contributed by atoms with Crippen LogP contribution < -0.4 is 5.32 Å². The van der Waals surface area contributed by atoms with Crippen LogP contribution in [0.1, 0.15) is 24.2 Å². The number of likely N-dealkylation sites (N-methyl/N-ethyl adjacent to an activating group) is 1. The van der Waals surface area contributed by atoms with E-state index >= 15 is 0 Å². The van der Waals surface area contributed by atoms with Gasteiger partial charge < -0.3 is 5.32 Å². The molecule has 0 aliphatic rings. The lowest BCUT2D eigenvalue weighted by atomic mass is 10.0. The Balaban J connectivity index is 1.77. The van der Waals surface area contributed by atoms with E-state index in [9.17, 15) is 0 Å². The minimum atomic E-state index is 0.328. The summed E-state index contributed by atoms with van der Waals surface area (Å²) in [6, 6.07) is 15.1. The van der Waals surface area contributed by atoms with Crippen molar-refractivity contribution in [1.29, 1.82) is 0 Å². The molecule has 0 bridgehead atoms. The molecule has 108 valence electrons. The molecule has 2 heterocycles. The summed E-state index contributed by atoms with van der Waals surface area (Å²) in [7, 11) is 0. The van der Waals surface area contributed by atoms with Crippen molar-refractivity contribution in [2.24, 2.45) is 0 Å². The Morgan fingerprint density at radius 2 is 1.95 bits per heavy atom. The number of nitrogens with zero attached hydrogens (tertiary/aromatic N) is 1. The minimum Gasteiger partial charge on any atom is -0.310 e. The van der Waals surface area contributed by atoms with Gasteiger partial charge in [0.15, 0.2) is 0 Å². The van der Waals surface area contributed by atoms with E-state index in [1.54, 1.807) is 22.7 Å². The predicted molar refractivity (Wildman–Crippen MR) is 92.0 cm³/mol. The first-order chi connectivity index (χ1) is 10.4. The Labute approximate surface area is 133 Å². The second-order valence-electron chi connectivity index (χ2n) is 4.85. The topological polar surface area (TPSA) is 24.9 Å². The van der Waals surface area contributed by atoms with Crippen molar-refractivity contribution in [2.45, 2.75) is 19.4 Å². The van der Waals surface area contributed by atoms with Gasteiger partial charge in [0.2, 0.25) is 0 Å². The highest BCUT2D eigenvalue weighted by molar-refractivity contribution is 7.20. The number of nitrogens with one attached hydrogen (secondary N) is 1. The summed E-state index contributed by atoms with van der Waals surface area (Å²) in [4.78, 5) is 6.04. The van der Waals surface area contributed by atoms with E-state index in [0.717, 1.165) is 18.0 Å². The summed E-state index contributed by atoms with van der Waals surface area (Å²) >= 11 is 3.48. The molecule has 1 atom stereocenters. The SMILES string of the molecule is CCNC(Cc1csc(-c2cccs2)n1)c1ccccc1. The van der Waals surface area contributed by atoms with Crippen LogP contribution in [0.2, 0.25) is 0 Å². The minimum absolute atomic E-state index is 0.328. The molecule has 0 spiro atoms. The quantitative estimate of drug-likeness (QED) is 0.709. The smallest absolute Gasteiger partial charge is 0.133 e. The van der Waals surface area contributed by atoms with E-state index in [0.29, 0.717) is 6.04 Å². The Bertz CT molecular complexity index is 659. The van der Waals surface area contributed by atoms with E-state index < -0.39 is 0 Å². The summed E-state index contributed by atoms with van der Waals surface area (Å²) in [6.07, 6.45) is 0.930. The molecular formula is C17H18N2S2. The van der Waals surface area contributed by atoms with Crippen LogP contribution in [-0.4, -0.2) is 11.5 Å². The van der Waals surface area contributed by atoms with E-state index in [2.05, 4.69) is 65.5 Å². The molecule has 0 amide bonds. The van der Waals surface area contributed by atoms with Crippen molar-refractivity contribution >= 4 is 22.7 Å². The number of hydrogen-bond donors (Lipinski definition) is 1. The Kier molecular flexibility index (Phi) is 4.80. The van der Waals surface area contributed by atoms with Gasteiger partial charge in [-0.3, -0.25) is 0 Å². The molecule has 0 fully saturated rings. The van der Waals surface area contributed by atoms with Crippen molar-refractivity contribution in [3.8, 4) is 9.88 Å². The third-order valence-electron chi connectivity index (χ3n) is 3.35. The predicted octanol–water partition coefficient (Wildman–Crippen LogP) is 4.76. The maximum Gasteiger partial charge on any atom is 0.133 e. The Morgan fingerprint density at radius 3 is 2.67 bits per heavy atom. The fourth-order valence-corrected chi connectivity index (χ4v) is 4.01. The molecule has 4 heteroatoms. The molecule has 2 aromatic heterocycles. The highest BCUT2D eigenvalue weighted by Crippen LogP contribution is 2.29. The van der Waals surface area contributed by atoms with E-state index in [4.69, 9.17) is 4.98 Å². The Morgan fingerprint density at radius 1 is 1.10 bits per heavy atom. The molecule has 3 rings (SSSR count). The zero-order valence-electron chi connectivity index (χ0n) is 12.0. The number of benzene rings is 1. The number of aromatic nitrogens is 1. The highest BCUT2D eigenvalue weighted by atomic mass is 32.1. The molecule has 21 heavy (non-hydrogen) atoms. The highest BCUT2D eigenvalue weighted by Gasteiger charge is 2.13. The van der Waals surface area contributed by atoms with E-state index in [1.807, 2.05) is 0 Å². The van der Waals surface area contributed by atoms with Crippen LogP contribution in [0.15, 0.2) is 53.2 Å². The standard InChI is InChI=1S/C17H18N2S2/c1-2-18-15(13-7-4-3-5-8-13)11-14-12-21-17(19-14)16-9-6-10-20-16/h3-10,12,15,18H,2,11H2,1H3. The zero-order valence-corrected chi connectivity index (χ0v) is 13.6. The van der Waals surface area contributed by atoms with Gasteiger partial charge in [0.1, 0.15) is 5.01 Å². The summed E-state index contributed by atoms with van der Waals surface area (Å²) in [5.74, 6) is 0. The summed E-state index contributed by atoms with van der Waals surface area (Å²) in [5, 5.41) is 8.97. The van der Waals surface area contributed by atoms with Crippen LogP contribution in [-0.2, 0) is 6.42 Å². The molecule has 1 unspecified atom stereocenters. The summed E-state index contributed by atoms with van der Waals surface area (Å²) in [5.41, 5.74) is 2.49. The molecule has 0 aliphatic heterocycles. The largest absolute Gasteiger partial charge is 0.310 e. The maximum atomic E-state index is 4.79. The molecule has 2 nitrogen and oxygen atoms in total. The van der Waals surface area contributed by atoms with E-state index in [1.165, 1.54) is 16.1 Å². The van der Waals surface area contributed by atoms with Crippen molar-refractivity contribution in [2.75, 3.05) is 6.54 Å². The molecule has 0 aliphatic carbocycles. The van der Waals surface area contributed by atoms with Gasteiger partial charge in [0.25, 0.3) is 0 Å². The lowest BCUT2D eigenvalue weighted by molar-refractivity contribution is 0.545. The number of thiophene rings is 1.